The number of amides is 2. The highest BCUT2D eigenvalue weighted by molar-refractivity contribution is 6.90. The number of carbonyl (C=O) groups excluding carboxylic acids is 2. The van der Waals surface area contributed by atoms with Gasteiger partial charge in [-0.2, -0.15) is 0 Å². The molecule has 7 rings (SSSR count). The normalized spacial score (nSPS) is 21.1. The van der Waals surface area contributed by atoms with Crippen molar-refractivity contribution in [2.24, 2.45) is 0 Å². The van der Waals surface area contributed by atoms with Crippen LogP contribution in [0, 0.1) is 11.5 Å². The number of carbonyl (C=O) groups is 2. The van der Waals surface area contributed by atoms with Gasteiger partial charge in [-0.15, -0.1) is 5.54 Å². The van der Waals surface area contributed by atoms with E-state index in [2.05, 4.69) is 57.6 Å². The van der Waals surface area contributed by atoms with E-state index in [0.717, 1.165) is 45.5 Å². The van der Waals surface area contributed by atoms with Gasteiger partial charge in [0.05, 0.1) is 29.2 Å². The smallest absolute Gasteiger partial charge is 0.410 e. The predicted octanol–water partition coefficient (Wildman–Crippen LogP) is 9.25. The molecule has 0 aliphatic carbocycles. The van der Waals surface area contributed by atoms with Crippen LogP contribution in [0.15, 0.2) is 48.8 Å². The maximum absolute atomic E-state index is 14.3. The Morgan fingerprint density at radius 1 is 0.981 bits per heavy atom. The van der Waals surface area contributed by atoms with Crippen LogP contribution < -0.4 is 0 Å². The summed E-state index contributed by atoms with van der Waals surface area (Å²) in [5.41, 5.74) is 9.64. The summed E-state index contributed by atoms with van der Waals surface area (Å²) < 4.78 is 33.3. The SMILES string of the molecule is [2H]C([2H])([2H])N1C(=O)c2cccc(C#C[Si](C(C)C)(C(C)C)C(C)C)c2[C@H]2C[C@@H]1c1nc3ccc(-c4cnc(C5CCCN5C(=O)OC(C)(C)C)nc4)cc3n12. The molecule has 5 heterocycles. The van der Waals surface area contributed by atoms with Crippen LogP contribution in [0.4, 0.5) is 4.79 Å². The zero-order valence-corrected chi connectivity index (χ0v) is 32.8. The van der Waals surface area contributed by atoms with Crippen molar-refractivity contribution < 1.29 is 18.4 Å². The molecular weight excluding hydrogens is 665 g/mol. The molecule has 1 saturated heterocycles. The standard InChI is InChI=1S/C42H52N6O3Si/c1-25(2)52(26(3)4,27(5)6)20-18-28-13-11-14-31-37(28)35-22-36(46(10)40(31)49)39-45-32-17-16-29(21-34(32)48(35)39)30-23-43-38(44-24-30)33-15-12-19-47(33)41(50)51-42(7,8)9/h11,13-14,16-17,21,23-27,33,35-36H,12,15,19,22H2,1-10H3/t33?,35-,36-/m1/s1/i10D3. The fourth-order valence-corrected chi connectivity index (χ4v) is 14.3. The van der Waals surface area contributed by atoms with Gasteiger partial charge in [-0.05, 0) is 80.1 Å². The zero-order valence-electron chi connectivity index (χ0n) is 34.8. The second-order valence-corrected chi connectivity index (χ2v) is 22.1. The highest BCUT2D eigenvalue weighted by Gasteiger charge is 2.45. The lowest BCUT2D eigenvalue weighted by atomic mass is 9.93. The van der Waals surface area contributed by atoms with Crippen LogP contribution in [0.2, 0.25) is 16.6 Å². The second-order valence-electron chi connectivity index (χ2n) is 16.6. The molecule has 10 heteroatoms. The number of fused-ring (bicyclic) bond motifs is 9. The first-order valence-electron chi connectivity index (χ1n) is 20.2. The second kappa shape index (κ2) is 13.2. The molecule has 52 heavy (non-hydrogen) atoms. The van der Waals surface area contributed by atoms with E-state index in [1.54, 1.807) is 23.4 Å². The fraction of sp³-hybridized carbons (Fsp3) is 0.500. The molecule has 9 nitrogen and oxygen atoms in total. The topological polar surface area (TPSA) is 93.5 Å². The number of rotatable bonds is 5. The van der Waals surface area contributed by atoms with Gasteiger partial charge in [0.15, 0.2) is 5.82 Å². The van der Waals surface area contributed by atoms with Crippen LogP contribution in [0.25, 0.3) is 22.2 Å². The van der Waals surface area contributed by atoms with Crippen LogP contribution in [-0.2, 0) is 4.74 Å². The van der Waals surface area contributed by atoms with E-state index >= 15 is 0 Å². The molecule has 2 amide bonds. The number of likely N-dealkylation sites (tertiary alicyclic amines) is 1. The van der Waals surface area contributed by atoms with E-state index in [-0.39, 0.29) is 18.2 Å². The number of hydrogen-bond donors (Lipinski definition) is 0. The Balaban J connectivity index is 1.32. The zero-order chi connectivity index (χ0) is 39.8. The molecule has 0 radical (unpaired) electrons. The minimum atomic E-state index is -2.68. The minimum absolute atomic E-state index is 0.261. The number of hydrogen-bond acceptors (Lipinski definition) is 6. The molecule has 2 bridgehead atoms. The highest BCUT2D eigenvalue weighted by atomic mass is 28.3. The van der Waals surface area contributed by atoms with Crippen LogP contribution >= 0.6 is 0 Å². The van der Waals surface area contributed by atoms with E-state index in [9.17, 15) is 9.59 Å². The lowest BCUT2D eigenvalue weighted by molar-refractivity contribution is 0.0218. The average Bonchev–Trinajstić information content (AvgIpc) is 3.80. The minimum Gasteiger partial charge on any atom is -0.444 e. The largest absolute Gasteiger partial charge is 0.444 e. The van der Waals surface area contributed by atoms with Crippen molar-refractivity contribution in [3.8, 4) is 22.6 Å². The number of ether oxygens (including phenoxy) is 1. The summed E-state index contributed by atoms with van der Waals surface area (Å²) in [5.74, 6) is 4.23. The van der Waals surface area contributed by atoms with Crippen LogP contribution in [0.1, 0.15) is 137 Å². The maximum atomic E-state index is 14.3. The van der Waals surface area contributed by atoms with Gasteiger partial charge in [0.1, 0.15) is 19.5 Å². The van der Waals surface area contributed by atoms with Gasteiger partial charge in [0.25, 0.3) is 5.91 Å². The fourth-order valence-electron chi connectivity index (χ4n) is 9.08. The third-order valence-electron chi connectivity index (χ3n) is 11.4. The summed E-state index contributed by atoms with van der Waals surface area (Å²) >= 11 is 0. The molecule has 1 unspecified atom stereocenters. The molecule has 0 saturated carbocycles. The van der Waals surface area contributed by atoms with Crippen LogP contribution in [-0.4, -0.2) is 68.5 Å². The highest BCUT2D eigenvalue weighted by Crippen LogP contribution is 2.49. The number of benzene rings is 2. The lowest BCUT2D eigenvalue weighted by Gasteiger charge is -2.38. The molecule has 3 atom stereocenters. The van der Waals surface area contributed by atoms with E-state index in [0.29, 0.717) is 52.3 Å². The number of imidazole rings is 1. The van der Waals surface area contributed by atoms with Crippen molar-refractivity contribution in [1.82, 2.24) is 29.3 Å². The van der Waals surface area contributed by atoms with Gasteiger partial charge in [0, 0.05) is 58.7 Å². The summed E-state index contributed by atoms with van der Waals surface area (Å²) in [7, 11) is -2.13. The molecule has 3 aliphatic rings. The number of nitrogens with zero attached hydrogens (tertiary/aromatic N) is 6. The van der Waals surface area contributed by atoms with Gasteiger partial charge < -0.3 is 14.2 Å². The van der Waals surface area contributed by atoms with Gasteiger partial charge in [-0.1, -0.05) is 59.6 Å². The van der Waals surface area contributed by atoms with Gasteiger partial charge in [-0.3, -0.25) is 9.69 Å². The Bertz CT molecular complexity index is 2190. The first-order valence-corrected chi connectivity index (χ1v) is 20.9. The monoisotopic (exact) mass is 719 g/mol. The van der Waals surface area contributed by atoms with Gasteiger partial charge >= 0.3 is 6.09 Å². The molecule has 272 valence electrons. The Morgan fingerprint density at radius 2 is 1.69 bits per heavy atom. The molecule has 3 aliphatic heterocycles. The van der Waals surface area contributed by atoms with E-state index in [1.807, 2.05) is 51.1 Å². The van der Waals surface area contributed by atoms with E-state index in [4.69, 9.17) is 23.8 Å². The van der Waals surface area contributed by atoms with E-state index in [1.165, 1.54) is 0 Å². The quantitative estimate of drug-likeness (QED) is 0.151. The van der Waals surface area contributed by atoms with Crippen molar-refractivity contribution in [3.63, 3.8) is 0 Å². The molecule has 0 N–H and O–H groups in total. The van der Waals surface area contributed by atoms with Crippen molar-refractivity contribution in [2.45, 2.75) is 122 Å². The molecule has 2 aromatic heterocycles. The molecule has 1 fully saturated rings. The van der Waals surface area contributed by atoms with Crippen molar-refractivity contribution in [3.05, 3.63) is 77.1 Å². The van der Waals surface area contributed by atoms with Crippen molar-refractivity contribution in [2.75, 3.05) is 13.5 Å². The maximum Gasteiger partial charge on any atom is 0.410 e. The summed E-state index contributed by atoms with van der Waals surface area (Å²) in [6, 6.07) is 10.1. The molecule has 4 aromatic rings. The Labute approximate surface area is 313 Å². The summed E-state index contributed by atoms with van der Waals surface area (Å²) in [6.45, 7) is 17.1. The third-order valence-corrected chi connectivity index (χ3v) is 17.7. The summed E-state index contributed by atoms with van der Waals surface area (Å²) in [6.07, 6.45) is 5.19. The lowest BCUT2D eigenvalue weighted by Crippen LogP contribution is -2.43. The first-order chi connectivity index (χ1) is 25.8. The number of aromatic nitrogens is 4. The van der Waals surface area contributed by atoms with Crippen LogP contribution in [0.3, 0.4) is 0 Å². The van der Waals surface area contributed by atoms with Gasteiger partial charge in [0.2, 0.25) is 0 Å². The molecule has 2 aromatic carbocycles. The van der Waals surface area contributed by atoms with Gasteiger partial charge in [-0.25, -0.2) is 19.7 Å². The van der Waals surface area contributed by atoms with Crippen molar-refractivity contribution >= 4 is 31.1 Å². The molecular formula is C42H52N6O3Si. The predicted molar refractivity (Wildman–Crippen MR) is 208 cm³/mol. The van der Waals surface area contributed by atoms with Crippen molar-refractivity contribution in [1.29, 1.82) is 0 Å². The Hall–Kier alpha value is -4.49. The summed E-state index contributed by atoms with van der Waals surface area (Å²) in [5, 5.41) is 0. The summed E-state index contributed by atoms with van der Waals surface area (Å²) in [4.78, 5) is 44.5. The average molecular weight is 720 g/mol. The third kappa shape index (κ3) is 5.91. The van der Waals surface area contributed by atoms with Crippen LogP contribution in [0.5, 0.6) is 0 Å². The first kappa shape index (κ1) is 32.2. The molecule has 0 spiro atoms. The Morgan fingerprint density at radius 3 is 2.35 bits per heavy atom. The van der Waals surface area contributed by atoms with E-state index < -0.39 is 32.6 Å². The Kier molecular flexibility index (Phi) is 8.15.